The second-order valence-electron chi connectivity index (χ2n) is 4.91. The van der Waals surface area contributed by atoms with Crippen molar-refractivity contribution < 1.29 is 9.84 Å². The van der Waals surface area contributed by atoms with Gasteiger partial charge in [0.2, 0.25) is 0 Å². The Morgan fingerprint density at radius 1 is 1.23 bits per heavy atom. The summed E-state index contributed by atoms with van der Waals surface area (Å²) in [6.07, 6.45) is 0.857. The zero-order valence-corrected chi connectivity index (χ0v) is 12.6. The first-order valence-corrected chi connectivity index (χ1v) is 7.37. The summed E-state index contributed by atoms with van der Waals surface area (Å²) >= 11 is 0. The molecule has 1 unspecified atom stereocenters. The van der Waals surface area contributed by atoms with E-state index in [-0.39, 0.29) is 5.75 Å². The molecule has 0 spiro atoms. The fourth-order valence-corrected chi connectivity index (χ4v) is 2.22. The van der Waals surface area contributed by atoms with E-state index in [1.807, 2.05) is 25.1 Å². The summed E-state index contributed by atoms with van der Waals surface area (Å²) in [5.41, 5.74) is 2.02. The maximum atomic E-state index is 9.72. The molecule has 0 bridgehead atoms. The number of hydrogen-bond acceptors (Lipinski definition) is 4. The largest absolute Gasteiger partial charge is 0.504 e. The van der Waals surface area contributed by atoms with E-state index in [1.165, 1.54) is 5.56 Å². The highest BCUT2D eigenvalue weighted by Crippen LogP contribution is 2.29. The van der Waals surface area contributed by atoms with Crippen molar-refractivity contribution in [2.45, 2.75) is 19.4 Å². The molecule has 0 aliphatic carbocycles. The minimum absolute atomic E-state index is 0.0894. The van der Waals surface area contributed by atoms with Crippen LogP contribution in [0.15, 0.2) is 48.5 Å². The minimum atomic E-state index is -0.427. The van der Waals surface area contributed by atoms with Gasteiger partial charge in [0.15, 0.2) is 11.5 Å². The zero-order chi connectivity index (χ0) is 15.8. The molecule has 0 aliphatic rings. The highest BCUT2D eigenvalue weighted by Gasteiger charge is 2.12. The van der Waals surface area contributed by atoms with Crippen LogP contribution in [-0.4, -0.2) is 18.3 Å². The van der Waals surface area contributed by atoms with Gasteiger partial charge in [-0.05, 0) is 36.6 Å². The van der Waals surface area contributed by atoms with Gasteiger partial charge in [0.25, 0.3) is 0 Å². The van der Waals surface area contributed by atoms with Crippen molar-refractivity contribution in [3.63, 3.8) is 0 Å². The topological polar surface area (TPSA) is 65.3 Å². The third kappa shape index (κ3) is 4.24. The molecule has 2 rings (SSSR count). The molecule has 22 heavy (non-hydrogen) atoms. The minimum Gasteiger partial charge on any atom is -0.504 e. The molecule has 0 aromatic heterocycles. The summed E-state index contributed by atoms with van der Waals surface area (Å²) in [5, 5.41) is 22.3. The number of nitrogens with zero attached hydrogens (tertiary/aromatic N) is 1. The van der Waals surface area contributed by atoms with Crippen LogP contribution in [0.3, 0.4) is 0 Å². The lowest BCUT2D eigenvalue weighted by molar-refractivity contribution is 0.317. The Balaban J connectivity index is 1.99. The van der Waals surface area contributed by atoms with Crippen molar-refractivity contribution in [1.82, 2.24) is 5.32 Å². The highest BCUT2D eigenvalue weighted by atomic mass is 16.5. The predicted molar refractivity (Wildman–Crippen MR) is 85.8 cm³/mol. The van der Waals surface area contributed by atoms with Crippen LogP contribution in [0.25, 0.3) is 0 Å². The summed E-state index contributed by atoms with van der Waals surface area (Å²) in [6.45, 7) is 3.02. The SMILES string of the molecule is CCOc1cc(C(C#N)NCCc2ccccc2)ccc1O. The number of phenolic OH excluding ortho intramolecular Hbond substituents is 1. The van der Waals surface area contributed by atoms with Crippen molar-refractivity contribution in [1.29, 1.82) is 5.26 Å². The molecule has 4 heteroatoms. The van der Waals surface area contributed by atoms with Gasteiger partial charge in [-0.1, -0.05) is 36.4 Å². The van der Waals surface area contributed by atoms with Crippen molar-refractivity contribution in [3.05, 3.63) is 59.7 Å². The first-order chi connectivity index (χ1) is 10.7. The highest BCUT2D eigenvalue weighted by molar-refractivity contribution is 5.43. The molecule has 0 amide bonds. The fraction of sp³-hybridized carbons (Fsp3) is 0.278. The van der Waals surface area contributed by atoms with Gasteiger partial charge in [-0.15, -0.1) is 0 Å². The summed E-state index contributed by atoms with van der Waals surface area (Å²) in [5.74, 6) is 0.497. The second kappa shape index (κ2) is 8.06. The van der Waals surface area contributed by atoms with Gasteiger partial charge in [-0.3, -0.25) is 5.32 Å². The van der Waals surface area contributed by atoms with Gasteiger partial charge in [-0.25, -0.2) is 0 Å². The Morgan fingerprint density at radius 2 is 2.00 bits per heavy atom. The van der Waals surface area contributed by atoms with Crippen LogP contribution in [0.5, 0.6) is 11.5 Å². The first kappa shape index (κ1) is 15.9. The number of benzene rings is 2. The Bertz CT molecular complexity index is 635. The van der Waals surface area contributed by atoms with E-state index in [0.29, 0.717) is 18.9 Å². The van der Waals surface area contributed by atoms with E-state index < -0.39 is 6.04 Å². The van der Waals surface area contributed by atoms with Crippen molar-refractivity contribution >= 4 is 0 Å². The molecule has 0 saturated heterocycles. The van der Waals surface area contributed by atoms with E-state index in [0.717, 1.165) is 12.0 Å². The van der Waals surface area contributed by atoms with Gasteiger partial charge >= 0.3 is 0 Å². The molecule has 0 heterocycles. The Morgan fingerprint density at radius 3 is 2.68 bits per heavy atom. The van der Waals surface area contributed by atoms with Crippen LogP contribution in [-0.2, 0) is 6.42 Å². The fourth-order valence-electron chi connectivity index (χ4n) is 2.22. The molecule has 114 valence electrons. The van der Waals surface area contributed by atoms with Crippen molar-refractivity contribution in [2.24, 2.45) is 0 Å². The van der Waals surface area contributed by atoms with Crippen molar-refractivity contribution in [3.8, 4) is 17.6 Å². The number of hydrogen-bond donors (Lipinski definition) is 2. The predicted octanol–water partition coefficient (Wildman–Crippen LogP) is 3.19. The summed E-state index contributed by atoms with van der Waals surface area (Å²) in [7, 11) is 0. The maximum Gasteiger partial charge on any atom is 0.161 e. The smallest absolute Gasteiger partial charge is 0.161 e. The van der Waals surface area contributed by atoms with E-state index in [2.05, 4.69) is 23.5 Å². The molecule has 0 fully saturated rings. The lowest BCUT2D eigenvalue weighted by Crippen LogP contribution is -2.22. The lowest BCUT2D eigenvalue weighted by atomic mass is 10.1. The molecule has 0 saturated carbocycles. The van der Waals surface area contributed by atoms with Gasteiger partial charge in [-0.2, -0.15) is 5.26 Å². The maximum absolute atomic E-state index is 9.72. The molecule has 0 aliphatic heterocycles. The second-order valence-corrected chi connectivity index (χ2v) is 4.91. The standard InChI is InChI=1S/C18H20N2O2/c1-2-22-18-12-15(8-9-17(18)21)16(13-19)20-11-10-14-6-4-3-5-7-14/h3-9,12,16,20-21H,2,10-11H2,1H3. The van der Waals surface area contributed by atoms with E-state index in [4.69, 9.17) is 4.74 Å². The Hall–Kier alpha value is -2.51. The summed E-state index contributed by atoms with van der Waals surface area (Å²) < 4.78 is 5.36. The molecule has 1 atom stereocenters. The number of phenols is 1. The third-order valence-electron chi connectivity index (χ3n) is 3.35. The van der Waals surface area contributed by atoms with Gasteiger partial charge in [0.05, 0.1) is 12.7 Å². The molecule has 4 nitrogen and oxygen atoms in total. The van der Waals surface area contributed by atoms with Crippen LogP contribution >= 0.6 is 0 Å². The number of nitrogens with one attached hydrogen (secondary N) is 1. The van der Waals surface area contributed by atoms with Gasteiger partial charge in [0.1, 0.15) is 6.04 Å². The molecule has 2 aromatic carbocycles. The number of nitriles is 1. The van der Waals surface area contributed by atoms with Crippen LogP contribution in [0.2, 0.25) is 0 Å². The average molecular weight is 296 g/mol. The number of rotatable bonds is 7. The zero-order valence-electron chi connectivity index (χ0n) is 12.6. The Labute approximate surface area is 131 Å². The first-order valence-electron chi connectivity index (χ1n) is 7.37. The van der Waals surface area contributed by atoms with Gasteiger partial charge < -0.3 is 9.84 Å². The summed E-state index contributed by atoms with van der Waals surface area (Å²) in [6, 6.07) is 17.0. The summed E-state index contributed by atoms with van der Waals surface area (Å²) in [4.78, 5) is 0. The van der Waals surface area contributed by atoms with Crippen LogP contribution in [0, 0.1) is 11.3 Å². The van der Waals surface area contributed by atoms with Crippen LogP contribution in [0.4, 0.5) is 0 Å². The van der Waals surface area contributed by atoms with E-state index >= 15 is 0 Å². The molecular weight excluding hydrogens is 276 g/mol. The van der Waals surface area contributed by atoms with E-state index in [1.54, 1.807) is 18.2 Å². The van der Waals surface area contributed by atoms with E-state index in [9.17, 15) is 10.4 Å². The normalized spacial score (nSPS) is 11.6. The monoisotopic (exact) mass is 296 g/mol. The average Bonchev–Trinajstić information content (AvgIpc) is 2.55. The lowest BCUT2D eigenvalue weighted by Gasteiger charge is -2.14. The Kier molecular flexibility index (Phi) is 5.81. The molecular formula is C18H20N2O2. The van der Waals surface area contributed by atoms with Crippen molar-refractivity contribution in [2.75, 3.05) is 13.2 Å². The molecule has 0 radical (unpaired) electrons. The van der Waals surface area contributed by atoms with Crippen LogP contribution in [0.1, 0.15) is 24.1 Å². The van der Waals surface area contributed by atoms with Gasteiger partial charge in [0, 0.05) is 6.54 Å². The molecule has 2 aromatic rings. The molecule has 2 N–H and O–H groups in total. The number of ether oxygens (including phenoxy) is 1. The third-order valence-corrected chi connectivity index (χ3v) is 3.35. The quantitative estimate of drug-likeness (QED) is 0.823. The number of aromatic hydroxyl groups is 1. The van der Waals surface area contributed by atoms with Crippen LogP contribution < -0.4 is 10.1 Å².